The lowest BCUT2D eigenvalue weighted by molar-refractivity contribution is 0.261. The van der Waals surface area contributed by atoms with Gasteiger partial charge in [-0.3, -0.25) is 0 Å². The zero-order chi connectivity index (χ0) is 22.6. The van der Waals surface area contributed by atoms with Crippen molar-refractivity contribution >= 4 is 10.9 Å². The first-order valence-electron chi connectivity index (χ1n) is 11.6. The highest BCUT2D eigenvalue weighted by molar-refractivity contribution is 5.86. The normalized spacial score (nSPS) is 15.5. The smallest absolute Gasteiger partial charge is 0.120 e. The number of aromatic nitrogens is 1. The predicted molar refractivity (Wildman–Crippen MR) is 133 cm³/mol. The van der Waals surface area contributed by atoms with E-state index in [4.69, 9.17) is 9.47 Å². The summed E-state index contributed by atoms with van der Waals surface area (Å²) in [5.74, 6) is 1.82. The van der Waals surface area contributed by atoms with Crippen LogP contribution in [0.5, 0.6) is 11.5 Å². The van der Waals surface area contributed by atoms with E-state index in [0.717, 1.165) is 36.5 Å². The number of hydrogen-bond acceptors (Lipinski definition) is 4. The largest absolute Gasteiger partial charge is 0.492 e. The van der Waals surface area contributed by atoms with E-state index in [1.54, 1.807) is 0 Å². The molecule has 4 aromatic rings. The number of aromatic amines is 1. The molecule has 1 aliphatic heterocycles. The van der Waals surface area contributed by atoms with E-state index < -0.39 is 0 Å². The molecule has 0 aliphatic carbocycles. The van der Waals surface area contributed by atoms with Crippen LogP contribution in [0, 0.1) is 0 Å². The van der Waals surface area contributed by atoms with Gasteiger partial charge in [0.1, 0.15) is 24.7 Å². The average Bonchev–Trinajstić information content (AvgIpc) is 3.21. The zero-order valence-corrected chi connectivity index (χ0v) is 19.3. The molecule has 5 heteroatoms. The molecule has 0 bridgehead atoms. The van der Waals surface area contributed by atoms with Crippen LogP contribution in [0.25, 0.3) is 10.9 Å². The van der Waals surface area contributed by atoms with Gasteiger partial charge in [-0.15, -0.1) is 0 Å². The van der Waals surface area contributed by atoms with Crippen molar-refractivity contribution in [2.45, 2.75) is 19.1 Å². The monoisotopic (exact) mass is 441 g/mol. The fourth-order valence-corrected chi connectivity index (χ4v) is 4.45. The van der Waals surface area contributed by atoms with E-state index in [-0.39, 0.29) is 6.04 Å². The third-order valence-electron chi connectivity index (χ3n) is 6.17. The van der Waals surface area contributed by atoms with Crippen LogP contribution >= 0.6 is 0 Å². The van der Waals surface area contributed by atoms with Gasteiger partial charge in [0.2, 0.25) is 0 Å². The Morgan fingerprint density at radius 3 is 2.61 bits per heavy atom. The van der Waals surface area contributed by atoms with Crippen LogP contribution in [-0.4, -0.2) is 43.7 Å². The molecular formula is C28H31N3O2. The summed E-state index contributed by atoms with van der Waals surface area (Å²) in [6.45, 7) is 3.08. The number of rotatable bonds is 8. The summed E-state index contributed by atoms with van der Waals surface area (Å²) in [6, 6.07) is 25.2. The molecule has 2 heterocycles. The molecule has 0 fully saturated rings. The number of nitrogens with one attached hydrogen (secondary N) is 2. The molecule has 0 amide bonds. The van der Waals surface area contributed by atoms with Crippen LogP contribution < -0.4 is 14.8 Å². The van der Waals surface area contributed by atoms with Crippen molar-refractivity contribution in [3.63, 3.8) is 0 Å². The van der Waals surface area contributed by atoms with Crippen molar-refractivity contribution in [1.29, 1.82) is 0 Å². The van der Waals surface area contributed by atoms with Crippen LogP contribution in [0.15, 0.2) is 72.8 Å². The average molecular weight is 442 g/mol. The lowest BCUT2D eigenvalue weighted by atomic mass is 9.94. The maximum absolute atomic E-state index is 6.09. The summed E-state index contributed by atoms with van der Waals surface area (Å²) in [6.07, 6.45) is 0.993. The molecule has 1 aliphatic rings. The molecule has 0 radical (unpaired) electrons. The molecule has 3 aromatic carbocycles. The number of H-pyrrole nitrogens is 1. The van der Waals surface area contributed by atoms with Gasteiger partial charge < -0.3 is 24.7 Å². The van der Waals surface area contributed by atoms with Gasteiger partial charge in [-0.1, -0.05) is 42.5 Å². The van der Waals surface area contributed by atoms with Crippen LogP contribution in [-0.2, 0) is 13.0 Å². The summed E-state index contributed by atoms with van der Waals surface area (Å²) >= 11 is 0. The van der Waals surface area contributed by atoms with Crippen molar-refractivity contribution in [3.05, 3.63) is 95.2 Å². The molecule has 0 saturated carbocycles. The molecule has 1 unspecified atom stereocenters. The molecule has 2 N–H and O–H groups in total. The minimum Gasteiger partial charge on any atom is -0.492 e. The standard InChI is InChI=1S/C28H31N3O2/c1-31(2)15-16-32-22-10-6-9-21(17-22)27-28-24(13-14-29-27)25-18-23(11-12-26(25)30-28)33-19-20-7-4-3-5-8-20/h3-12,17-18,27,29-30H,13-16,19H2,1-2H3. The number of likely N-dealkylation sites (N-methyl/N-ethyl adjacent to an activating group) is 1. The van der Waals surface area contributed by atoms with E-state index in [1.165, 1.54) is 27.8 Å². The maximum Gasteiger partial charge on any atom is 0.120 e. The SMILES string of the molecule is CN(C)CCOc1cccc(C2NCCc3c2[nH]c2ccc(OCc4ccccc4)cc32)c1. The van der Waals surface area contributed by atoms with Gasteiger partial charge in [0.25, 0.3) is 0 Å². The van der Waals surface area contributed by atoms with Gasteiger partial charge in [0, 0.05) is 29.7 Å². The Morgan fingerprint density at radius 2 is 1.76 bits per heavy atom. The molecule has 5 rings (SSSR count). The second-order valence-electron chi connectivity index (χ2n) is 8.86. The fourth-order valence-electron chi connectivity index (χ4n) is 4.45. The predicted octanol–water partition coefficient (Wildman–Crippen LogP) is 4.92. The molecule has 0 saturated heterocycles. The fraction of sp³-hybridized carbons (Fsp3) is 0.286. The topological polar surface area (TPSA) is 49.5 Å². The first-order valence-corrected chi connectivity index (χ1v) is 11.6. The highest BCUT2D eigenvalue weighted by Gasteiger charge is 2.25. The van der Waals surface area contributed by atoms with Crippen LogP contribution in [0.2, 0.25) is 0 Å². The van der Waals surface area contributed by atoms with E-state index in [1.807, 2.05) is 24.3 Å². The quantitative estimate of drug-likeness (QED) is 0.407. The lowest BCUT2D eigenvalue weighted by Crippen LogP contribution is -2.30. The van der Waals surface area contributed by atoms with Crippen LogP contribution in [0.1, 0.15) is 28.4 Å². The van der Waals surface area contributed by atoms with E-state index in [2.05, 4.69) is 77.8 Å². The Bertz CT molecular complexity index is 1220. The second-order valence-corrected chi connectivity index (χ2v) is 8.86. The summed E-state index contributed by atoms with van der Waals surface area (Å²) < 4.78 is 12.1. The number of hydrogen-bond donors (Lipinski definition) is 2. The minimum atomic E-state index is 0.118. The number of fused-ring (bicyclic) bond motifs is 3. The number of ether oxygens (including phenoxy) is 2. The van der Waals surface area contributed by atoms with Crippen molar-refractivity contribution < 1.29 is 9.47 Å². The minimum absolute atomic E-state index is 0.118. The van der Waals surface area contributed by atoms with E-state index >= 15 is 0 Å². The number of nitrogens with zero attached hydrogens (tertiary/aromatic N) is 1. The molecule has 170 valence electrons. The maximum atomic E-state index is 6.09. The molecule has 1 atom stereocenters. The van der Waals surface area contributed by atoms with Crippen molar-refractivity contribution in [2.24, 2.45) is 0 Å². The Hall–Kier alpha value is -3.28. The Kier molecular flexibility index (Phi) is 6.33. The van der Waals surface area contributed by atoms with Gasteiger partial charge in [0.15, 0.2) is 0 Å². The van der Waals surface area contributed by atoms with Gasteiger partial charge in [-0.05, 0) is 67.5 Å². The lowest BCUT2D eigenvalue weighted by Gasteiger charge is -2.25. The second kappa shape index (κ2) is 9.69. The van der Waals surface area contributed by atoms with E-state index in [0.29, 0.717) is 13.2 Å². The number of benzene rings is 3. The van der Waals surface area contributed by atoms with Crippen LogP contribution in [0.4, 0.5) is 0 Å². The Labute approximate surface area is 195 Å². The summed E-state index contributed by atoms with van der Waals surface area (Å²) in [4.78, 5) is 5.80. The van der Waals surface area contributed by atoms with Crippen LogP contribution in [0.3, 0.4) is 0 Å². The van der Waals surface area contributed by atoms with Gasteiger partial charge in [0.05, 0.1) is 6.04 Å². The molecule has 0 spiro atoms. The third-order valence-corrected chi connectivity index (χ3v) is 6.17. The van der Waals surface area contributed by atoms with Gasteiger partial charge in [-0.2, -0.15) is 0 Å². The van der Waals surface area contributed by atoms with Crippen molar-refractivity contribution in [3.8, 4) is 11.5 Å². The highest BCUT2D eigenvalue weighted by Crippen LogP contribution is 2.36. The highest BCUT2D eigenvalue weighted by atomic mass is 16.5. The van der Waals surface area contributed by atoms with Gasteiger partial charge >= 0.3 is 0 Å². The first-order chi connectivity index (χ1) is 16.2. The summed E-state index contributed by atoms with van der Waals surface area (Å²) in [5, 5.41) is 4.94. The zero-order valence-electron chi connectivity index (χ0n) is 19.3. The molecule has 5 nitrogen and oxygen atoms in total. The van der Waals surface area contributed by atoms with E-state index in [9.17, 15) is 0 Å². The molecular weight excluding hydrogens is 410 g/mol. The Morgan fingerprint density at radius 1 is 0.909 bits per heavy atom. The first kappa shape index (κ1) is 21.6. The van der Waals surface area contributed by atoms with Crippen molar-refractivity contribution in [2.75, 3.05) is 33.8 Å². The summed E-state index contributed by atoms with van der Waals surface area (Å²) in [5.41, 5.74) is 6.15. The van der Waals surface area contributed by atoms with Gasteiger partial charge in [-0.25, -0.2) is 0 Å². The molecule has 1 aromatic heterocycles. The van der Waals surface area contributed by atoms with Crippen molar-refractivity contribution in [1.82, 2.24) is 15.2 Å². The summed E-state index contributed by atoms with van der Waals surface area (Å²) in [7, 11) is 4.11. The molecule has 33 heavy (non-hydrogen) atoms. The Balaban J connectivity index is 1.38. The third kappa shape index (κ3) is 4.90.